The molecule has 2 heterocycles. The predicted octanol–water partition coefficient (Wildman–Crippen LogP) is 1.16. The molecule has 1 aliphatic heterocycles. The normalized spacial score (nSPS) is 13.8. The number of nitrogens with one attached hydrogen (secondary N) is 1. The van der Waals surface area contributed by atoms with Crippen molar-refractivity contribution in [2.45, 2.75) is 13.5 Å². The summed E-state index contributed by atoms with van der Waals surface area (Å²) in [6, 6.07) is 10.3. The maximum Gasteiger partial charge on any atom is 0.394 e. The Labute approximate surface area is 134 Å². The summed E-state index contributed by atoms with van der Waals surface area (Å²) in [6.07, 6.45) is 0. The van der Waals surface area contributed by atoms with E-state index in [4.69, 9.17) is 17.5 Å². The van der Waals surface area contributed by atoms with Gasteiger partial charge in [-0.15, -0.1) is 0 Å². The highest BCUT2D eigenvalue weighted by atomic mass is 32.3. The van der Waals surface area contributed by atoms with Crippen molar-refractivity contribution in [1.82, 2.24) is 9.55 Å². The molecule has 1 aromatic carbocycles. The molecule has 0 saturated heterocycles. The first-order valence-electron chi connectivity index (χ1n) is 6.84. The molecule has 0 unspecified atom stereocenters. The van der Waals surface area contributed by atoms with Gasteiger partial charge in [-0.25, -0.2) is 4.98 Å². The van der Waals surface area contributed by atoms with Crippen molar-refractivity contribution in [3.63, 3.8) is 0 Å². The van der Waals surface area contributed by atoms with E-state index in [9.17, 15) is 0 Å². The van der Waals surface area contributed by atoms with Crippen molar-refractivity contribution in [2.24, 2.45) is 4.99 Å². The van der Waals surface area contributed by atoms with E-state index in [2.05, 4.69) is 32.0 Å². The lowest BCUT2D eigenvalue weighted by Crippen LogP contribution is -2.18. The minimum absolute atomic E-state index is 0.805. The Balaban J connectivity index is 0.000000338. The lowest BCUT2D eigenvalue weighted by atomic mass is 10.1. The van der Waals surface area contributed by atoms with Crippen LogP contribution in [0.3, 0.4) is 0 Å². The maximum absolute atomic E-state index is 8.74. The molecule has 0 spiro atoms. The van der Waals surface area contributed by atoms with Crippen LogP contribution in [0.25, 0.3) is 11.1 Å². The summed E-state index contributed by atoms with van der Waals surface area (Å²) >= 11 is 0. The quantitative estimate of drug-likeness (QED) is 0.672. The van der Waals surface area contributed by atoms with Gasteiger partial charge >= 0.3 is 10.4 Å². The van der Waals surface area contributed by atoms with E-state index < -0.39 is 10.4 Å². The van der Waals surface area contributed by atoms with Crippen molar-refractivity contribution in [3.8, 4) is 11.1 Å². The molecule has 0 amide bonds. The number of anilines is 1. The van der Waals surface area contributed by atoms with Crippen molar-refractivity contribution in [3.05, 3.63) is 41.6 Å². The number of aromatic nitrogens is 2. The third-order valence-corrected chi connectivity index (χ3v) is 3.29. The first-order chi connectivity index (χ1) is 10.8. The van der Waals surface area contributed by atoms with Crippen molar-refractivity contribution in [1.29, 1.82) is 0 Å². The Kier molecular flexibility index (Phi) is 5.14. The fourth-order valence-electron chi connectivity index (χ4n) is 2.45. The summed E-state index contributed by atoms with van der Waals surface area (Å²) < 4.78 is 33.8. The number of hydrogen-bond acceptors (Lipinski definition) is 5. The van der Waals surface area contributed by atoms with E-state index >= 15 is 0 Å². The van der Waals surface area contributed by atoms with Crippen LogP contribution in [0.2, 0.25) is 0 Å². The minimum Gasteiger partial charge on any atom is -0.369 e. The molecule has 3 N–H and O–H groups in total. The molecular weight excluding hydrogens is 320 g/mol. The van der Waals surface area contributed by atoms with Gasteiger partial charge in [0.1, 0.15) is 11.6 Å². The molecule has 0 aliphatic carbocycles. The highest BCUT2D eigenvalue weighted by molar-refractivity contribution is 7.79. The second kappa shape index (κ2) is 6.90. The van der Waals surface area contributed by atoms with Crippen LogP contribution in [0, 0.1) is 6.92 Å². The van der Waals surface area contributed by atoms with Crippen LogP contribution in [0.1, 0.15) is 5.82 Å². The summed E-state index contributed by atoms with van der Waals surface area (Å²) in [4.78, 5) is 8.92. The Morgan fingerprint density at radius 2 is 1.87 bits per heavy atom. The zero-order chi connectivity index (χ0) is 17.0. The van der Waals surface area contributed by atoms with E-state index in [1.807, 2.05) is 25.1 Å². The molecule has 0 atom stereocenters. The maximum atomic E-state index is 8.74. The third kappa shape index (κ3) is 4.38. The van der Waals surface area contributed by atoms with Gasteiger partial charge in [-0.05, 0) is 12.5 Å². The van der Waals surface area contributed by atoms with Crippen LogP contribution >= 0.6 is 0 Å². The van der Waals surface area contributed by atoms with Crippen LogP contribution in [0.4, 0.5) is 5.82 Å². The van der Waals surface area contributed by atoms with Gasteiger partial charge in [-0.1, -0.05) is 30.3 Å². The van der Waals surface area contributed by atoms with Gasteiger partial charge in [-0.2, -0.15) is 8.42 Å². The average molecular weight is 338 g/mol. The molecular formula is C14H18N4O4S. The van der Waals surface area contributed by atoms with Crippen LogP contribution in [0.15, 0.2) is 35.3 Å². The molecule has 0 fully saturated rings. The lowest BCUT2D eigenvalue weighted by molar-refractivity contribution is 0.381. The molecule has 0 saturated carbocycles. The molecule has 1 aromatic heterocycles. The molecule has 0 bridgehead atoms. The molecule has 3 rings (SSSR count). The summed E-state index contributed by atoms with van der Waals surface area (Å²) in [5, 5.41) is 3.45. The first-order valence-corrected chi connectivity index (χ1v) is 8.24. The molecule has 124 valence electrons. The predicted molar refractivity (Wildman–Crippen MR) is 86.6 cm³/mol. The number of nitrogens with zero attached hydrogens (tertiary/aromatic N) is 3. The number of benzene rings is 1. The monoisotopic (exact) mass is 338 g/mol. The highest BCUT2D eigenvalue weighted by Crippen LogP contribution is 2.27. The van der Waals surface area contributed by atoms with Gasteiger partial charge in [0.2, 0.25) is 0 Å². The molecule has 2 aromatic rings. The zero-order valence-corrected chi connectivity index (χ0v) is 13.6. The Bertz CT molecular complexity index is 852. The highest BCUT2D eigenvalue weighted by Gasteiger charge is 2.18. The lowest BCUT2D eigenvalue weighted by Gasteiger charge is -2.13. The smallest absolute Gasteiger partial charge is 0.369 e. The zero-order valence-electron chi connectivity index (χ0n) is 12.8. The topological polar surface area (TPSA) is 117 Å². The van der Waals surface area contributed by atoms with E-state index in [0.717, 1.165) is 41.3 Å². The van der Waals surface area contributed by atoms with Crippen molar-refractivity contribution in [2.75, 3.05) is 18.9 Å². The van der Waals surface area contributed by atoms with Gasteiger partial charge < -0.3 is 9.88 Å². The second-order valence-corrected chi connectivity index (χ2v) is 5.72. The third-order valence-electron chi connectivity index (χ3n) is 3.29. The van der Waals surface area contributed by atoms with Gasteiger partial charge in [-0.3, -0.25) is 14.1 Å². The summed E-state index contributed by atoms with van der Waals surface area (Å²) in [5.41, 5.74) is 3.06. The SMILES string of the molecule is CN=c1nc(C)n2c(c1-c1ccccc1)NCC2.O=S(=O)(O)O. The number of hydrogen-bond donors (Lipinski definition) is 3. The molecule has 9 heteroatoms. The standard InChI is InChI=1S/C14H16N4.H2O4S/c1-10-17-13(15-2)12(11-6-4-3-5-7-11)14-16-8-9-18(10)14;1-5(2,3)4/h3-7,16H,8-9H2,1-2H3;(H2,1,2,3,4). The van der Waals surface area contributed by atoms with Crippen LogP contribution < -0.4 is 10.8 Å². The van der Waals surface area contributed by atoms with Crippen molar-refractivity contribution >= 4 is 16.2 Å². The number of fused-ring (bicyclic) bond motifs is 1. The van der Waals surface area contributed by atoms with E-state index in [-0.39, 0.29) is 0 Å². The Morgan fingerprint density at radius 3 is 2.43 bits per heavy atom. The van der Waals surface area contributed by atoms with Gasteiger partial charge in [0, 0.05) is 20.1 Å². The van der Waals surface area contributed by atoms with Gasteiger partial charge in [0.15, 0.2) is 5.49 Å². The van der Waals surface area contributed by atoms with E-state index in [1.165, 1.54) is 0 Å². The van der Waals surface area contributed by atoms with Gasteiger partial charge in [0.25, 0.3) is 0 Å². The largest absolute Gasteiger partial charge is 0.394 e. The van der Waals surface area contributed by atoms with Crippen LogP contribution in [-0.2, 0) is 16.9 Å². The fraction of sp³-hybridized carbons (Fsp3) is 0.286. The Hall–Kier alpha value is -2.23. The van der Waals surface area contributed by atoms with Crippen LogP contribution in [0.5, 0.6) is 0 Å². The summed E-state index contributed by atoms with van der Waals surface area (Å²) in [5.74, 6) is 2.14. The summed E-state index contributed by atoms with van der Waals surface area (Å²) in [7, 11) is -2.87. The molecule has 0 radical (unpaired) electrons. The molecule has 8 nitrogen and oxygen atoms in total. The van der Waals surface area contributed by atoms with Gasteiger partial charge in [0.05, 0.1) is 5.56 Å². The van der Waals surface area contributed by atoms with Crippen LogP contribution in [-0.4, -0.2) is 40.7 Å². The summed E-state index contributed by atoms with van der Waals surface area (Å²) in [6.45, 7) is 3.95. The second-order valence-electron chi connectivity index (χ2n) is 4.82. The van der Waals surface area contributed by atoms with E-state index in [0.29, 0.717) is 0 Å². The fourth-order valence-corrected chi connectivity index (χ4v) is 2.45. The molecule has 23 heavy (non-hydrogen) atoms. The number of rotatable bonds is 1. The van der Waals surface area contributed by atoms with E-state index in [1.54, 1.807) is 7.05 Å². The Morgan fingerprint density at radius 1 is 1.26 bits per heavy atom. The first kappa shape index (κ1) is 17.1. The number of aryl methyl sites for hydroxylation is 1. The van der Waals surface area contributed by atoms with Crippen molar-refractivity contribution < 1.29 is 17.5 Å². The molecule has 1 aliphatic rings. The average Bonchev–Trinajstić information content (AvgIpc) is 2.96. The minimum atomic E-state index is -4.67.